The molecule has 0 atom stereocenters. The molecule has 0 spiro atoms. The van der Waals surface area contributed by atoms with E-state index >= 15 is 0 Å². The Labute approximate surface area is 100.0 Å². The maximum atomic E-state index is 5.15. The largest absolute Gasteiger partial charge is 0.457 e. The van der Waals surface area contributed by atoms with E-state index in [1.165, 1.54) is 5.56 Å². The Morgan fingerprint density at radius 3 is 2.67 bits per heavy atom. The third kappa shape index (κ3) is 4.36. The monoisotopic (exact) mass is 274 g/mol. The van der Waals surface area contributed by atoms with Crippen molar-refractivity contribution in [2.75, 3.05) is 26.2 Å². The van der Waals surface area contributed by atoms with Gasteiger partial charge in [0.25, 0.3) is 0 Å². The number of hydrogen-bond donors (Lipinski definition) is 1. The maximum absolute atomic E-state index is 5.15. The second-order valence-corrected chi connectivity index (χ2v) is 4.14. The number of rotatable bonds is 7. The normalized spacial score (nSPS) is 11.2. The molecular formula is C11H19BrN2O. The molecular weight excluding hydrogens is 256 g/mol. The van der Waals surface area contributed by atoms with Crippen LogP contribution in [0.25, 0.3) is 0 Å². The van der Waals surface area contributed by atoms with Crippen LogP contribution in [-0.2, 0) is 6.54 Å². The van der Waals surface area contributed by atoms with Gasteiger partial charge in [0.05, 0.1) is 6.26 Å². The van der Waals surface area contributed by atoms with Crippen LogP contribution in [0.4, 0.5) is 0 Å². The first-order valence-electron chi connectivity index (χ1n) is 5.42. The van der Waals surface area contributed by atoms with Gasteiger partial charge in [-0.3, -0.25) is 0 Å². The third-order valence-electron chi connectivity index (χ3n) is 2.51. The van der Waals surface area contributed by atoms with Crippen LogP contribution in [-0.4, -0.2) is 31.1 Å². The molecule has 3 nitrogen and oxygen atoms in total. The first kappa shape index (κ1) is 12.7. The fraction of sp³-hybridized carbons (Fsp3) is 0.636. The summed E-state index contributed by atoms with van der Waals surface area (Å²) in [6.07, 6.45) is 1.70. The van der Waals surface area contributed by atoms with Gasteiger partial charge >= 0.3 is 0 Å². The Morgan fingerprint density at radius 2 is 2.13 bits per heavy atom. The lowest BCUT2D eigenvalue weighted by molar-refractivity contribution is 0.302. The van der Waals surface area contributed by atoms with E-state index in [4.69, 9.17) is 4.42 Å². The zero-order valence-electron chi connectivity index (χ0n) is 9.42. The lowest BCUT2D eigenvalue weighted by Crippen LogP contribution is -2.31. The van der Waals surface area contributed by atoms with Gasteiger partial charge in [0.1, 0.15) is 0 Å². The summed E-state index contributed by atoms with van der Waals surface area (Å²) in [4.78, 5) is 2.40. The van der Waals surface area contributed by atoms with Crippen LogP contribution in [0.1, 0.15) is 19.4 Å². The summed E-state index contributed by atoms with van der Waals surface area (Å²) in [6.45, 7) is 9.59. The second-order valence-electron chi connectivity index (χ2n) is 3.42. The van der Waals surface area contributed by atoms with Crippen molar-refractivity contribution in [3.63, 3.8) is 0 Å². The highest BCUT2D eigenvalue weighted by Gasteiger charge is 2.02. The van der Waals surface area contributed by atoms with Crippen LogP contribution >= 0.6 is 15.9 Å². The van der Waals surface area contributed by atoms with E-state index in [1.807, 2.05) is 6.07 Å². The Balaban J connectivity index is 2.14. The molecule has 0 aliphatic heterocycles. The van der Waals surface area contributed by atoms with Crippen LogP contribution in [0.15, 0.2) is 21.4 Å². The van der Waals surface area contributed by atoms with E-state index in [0.29, 0.717) is 0 Å². The minimum atomic E-state index is 0.831. The van der Waals surface area contributed by atoms with Gasteiger partial charge < -0.3 is 14.6 Å². The smallest absolute Gasteiger partial charge is 0.173 e. The van der Waals surface area contributed by atoms with Crippen molar-refractivity contribution in [1.82, 2.24) is 10.2 Å². The number of hydrogen-bond acceptors (Lipinski definition) is 3. The molecule has 0 radical (unpaired) electrons. The highest BCUT2D eigenvalue weighted by atomic mass is 79.9. The zero-order valence-corrected chi connectivity index (χ0v) is 11.0. The molecule has 15 heavy (non-hydrogen) atoms. The average Bonchev–Trinajstić information content (AvgIpc) is 2.65. The molecule has 0 saturated heterocycles. The summed E-state index contributed by atoms with van der Waals surface area (Å²) in [5, 5.41) is 3.40. The molecule has 0 bridgehead atoms. The van der Waals surface area contributed by atoms with Crippen LogP contribution in [0.3, 0.4) is 0 Å². The van der Waals surface area contributed by atoms with E-state index in [1.54, 1.807) is 6.26 Å². The molecule has 1 aromatic heterocycles. The minimum absolute atomic E-state index is 0.831. The summed E-state index contributed by atoms with van der Waals surface area (Å²) >= 11 is 3.36. The average molecular weight is 275 g/mol. The minimum Gasteiger partial charge on any atom is -0.457 e. The Hall–Kier alpha value is -0.320. The topological polar surface area (TPSA) is 28.4 Å². The number of furan rings is 1. The Morgan fingerprint density at radius 1 is 1.40 bits per heavy atom. The lowest BCUT2D eigenvalue weighted by Gasteiger charge is -2.17. The van der Waals surface area contributed by atoms with Gasteiger partial charge in [-0.25, -0.2) is 0 Å². The highest BCUT2D eigenvalue weighted by Crippen LogP contribution is 2.16. The molecule has 0 unspecified atom stereocenters. The molecule has 0 aliphatic rings. The standard InChI is InChI=1S/C11H19BrN2O/c1-3-14(4-2)7-6-13-9-10-5-8-15-11(10)12/h5,8,13H,3-4,6-7,9H2,1-2H3. The molecule has 0 aromatic carbocycles. The number of likely N-dealkylation sites (N-methyl/N-ethyl adjacent to an activating group) is 1. The quantitative estimate of drug-likeness (QED) is 0.775. The molecule has 0 saturated carbocycles. The van der Waals surface area contributed by atoms with Crippen LogP contribution in [0.2, 0.25) is 0 Å². The lowest BCUT2D eigenvalue weighted by atomic mass is 10.3. The van der Waals surface area contributed by atoms with Gasteiger partial charge in [0.15, 0.2) is 4.67 Å². The molecule has 1 N–H and O–H groups in total. The molecule has 1 rings (SSSR count). The highest BCUT2D eigenvalue weighted by molar-refractivity contribution is 9.10. The maximum Gasteiger partial charge on any atom is 0.173 e. The van der Waals surface area contributed by atoms with Gasteiger partial charge in [-0.15, -0.1) is 0 Å². The summed E-state index contributed by atoms with van der Waals surface area (Å²) < 4.78 is 5.98. The van der Waals surface area contributed by atoms with Gasteiger partial charge in [-0.2, -0.15) is 0 Å². The van der Waals surface area contributed by atoms with Crippen molar-refractivity contribution in [2.45, 2.75) is 20.4 Å². The van der Waals surface area contributed by atoms with Crippen molar-refractivity contribution in [2.24, 2.45) is 0 Å². The van der Waals surface area contributed by atoms with E-state index in [2.05, 4.69) is 40.0 Å². The third-order valence-corrected chi connectivity index (χ3v) is 3.20. The molecule has 86 valence electrons. The van der Waals surface area contributed by atoms with E-state index in [0.717, 1.165) is 37.4 Å². The molecule has 0 aliphatic carbocycles. The molecule has 1 heterocycles. The van der Waals surface area contributed by atoms with Crippen molar-refractivity contribution in [1.29, 1.82) is 0 Å². The van der Waals surface area contributed by atoms with Gasteiger partial charge in [-0.1, -0.05) is 13.8 Å². The van der Waals surface area contributed by atoms with E-state index in [-0.39, 0.29) is 0 Å². The zero-order chi connectivity index (χ0) is 11.1. The number of nitrogens with zero attached hydrogens (tertiary/aromatic N) is 1. The van der Waals surface area contributed by atoms with Gasteiger partial charge in [0.2, 0.25) is 0 Å². The molecule has 1 aromatic rings. The molecule has 0 fully saturated rings. The van der Waals surface area contributed by atoms with Crippen LogP contribution in [0.5, 0.6) is 0 Å². The predicted octanol–water partition coefficient (Wildman–Crippen LogP) is 2.47. The molecule has 0 amide bonds. The first-order valence-corrected chi connectivity index (χ1v) is 6.22. The summed E-state index contributed by atoms with van der Waals surface area (Å²) in [5.41, 5.74) is 1.18. The molecule has 4 heteroatoms. The first-order chi connectivity index (χ1) is 7.27. The SMILES string of the molecule is CCN(CC)CCNCc1ccoc1Br. The Kier molecular flexibility index (Phi) is 5.98. The van der Waals surface area contributed by atoms with Crippen molar-refractivity contribution >= 4 is 15.9 Å². The van der Waals surface area contributed by atoms with Gasteiger partial charge in [0, 0.05) is 25.2 Å². The van der Waals surface area contributed by atoms with Gasteiger partial charge in [-0.05, 0) is 35.1 Å². The summed E-state index contributed by atoms with van der Waals surface area (Å²) in [7, 11) is 0. The number of halogens is 1. The van der Waals surface area contributed by atoms with E-state index < -0.39 is 0 Å². The van der Waals surface area contributed by atoms with Crippen molar-refractivity contribution in [3.05, 3.63) is 22.6 Å². The number of nitrogens with one attached hydrogen (secondary N) is 1. The predicted molar refractivity (Wildman–Crippen MR) is 65.9 cm³/mol. The van der Waals surface area contributed by atoms with E-state index in [9.17, 15) is 0 Å². The summed E-state index contributed by atoms with van der Waals surface area (Å²) in [5.74, 6) is 0. The second kappa shape index (κ2) is 7.04. The van der Waals surface area contributed by atoms with Crippen molar-refractivity contribution in [3.8, 4) is 0 Å². The van der Waals surface area contributed by atoms with Crippen LogP contribution in [0, 0.1) is 0 Å². The fourth-order valence-electron chi connectivity index (χ4n) is 1.45. The Bertz CT molecular complexity index is 271. The van der Waals surface area contributed by atoms with Crippen molar-refractivity contribution < 1.29 is 4.42 Å². The van der Waals surface area contributed by atoms with Crippen LogP contribution < -0.4 is 5.32 Å². The summed E-state index contributed by atoms with van der Waals surface area (Å²) in [6, 6.07) is 1.98. The fourth-order valence-corrected chi connectivity index (χ4v) is 1.83.